The number of benzene rings is 1. The highest BCUT2D eigenvalue weighted by molar-refractivity contribution is 6.31. The van der Waals surface area contributed by atoms with E-state index in [0.717, 1.165) is 15.5 Å². The van der Waals surface area contributed by atoms with Crippen molar-refractivity contribution in [1.82, 2.24) is 29.4 Å². The molecule has 0 N–H and O–H groups in total. The lowest BCUT2D eigenvalue weighted by atomic mass is 10.2. The first kappa shape index (κ1) is 18.7. The van der Waals surface area contributed by atoms with Gasteiger partial charge in [-0.1, -0.05) is 11.6 Å². The minimum Gasteiger partial charge on any atom is -0.331 e. The van der Waals surface area contributed by atoms with Gasteiger partial charge in [-0.25, -0.2) is 0 Å². The van der Waals surface area contributed by atoms with Crippen molar-refractivity contribution >= 4 is 28.4 Å². The Morgan fingerprint density at radius 2 is 2.07 bits per heavy atom. The number of nitrogens with zero attached hydrogens (tertiary/aromatic N) is 6. The number of aryl methyl sites for hydroxylation is 1. The molecule has 148 valence electrons. The Labute approximate surface area is 162 Å². The number of aromatic nitrogens is 5. The van der Waals surface area contributed by atoms with E-state index in [0.29, 0.717) is 11.6 Å². The zero-order valence-corrected chi connectivity index (χ0v) is 15.6. The molecule has 2 aromatic heterocycles. The minimum atomic E-state index is -4.57. The molecule has 0 radical (unpaired) electrons. The number of rotatable bonds is 3. The average Bonchev–Trinajstić information content (AvgIpc) is 3.24. The molecule has 1 aromatic carbocycles. The Bertz CT molecular complexity index is 1040. The second kappa shape index (κ2) is 6.77. The van der Waals surface area contributed by atoms with E-state index >= 15 is 0 Å². The molecule has 0 bridgehead atoms. The van der Waals surface area contributed by atoms with Crippen molar-refractivity contribution < 1.29 is 18.0 Å². The van der Waals surface area contributed by atoms with Crippen molar-refractivity contribution in [2.45, 2.75) is 38.7 Å². The summed E-state index contributed by atoms with van der Waals surface area (Å²) in [5.74, 6) is -1.06. The zero-order valence-electron chi connectivity index (χ0n) is 14.8. The smallest absolute Gasteiger partial charge is 0.331 e. The molecule has 28 heavy (non-hydrogen) atoms. The van der Waals surface area contributed by atoms with Gasteiger partial charge in [0.25, 0.3) is 0 Å². The van der Waals surface area contributed by atoms with Crippen LogP contribution in [0, 0.1) is 0 Å². The van der Waals surface area contributed by atoms with Crippen molar-refractivity contribution in [2.24, 2.45) is 0 Å². The van der Waals surface area contributed by atoms with Crippen LogP contribution in [0.1, 0.15) is 31.0 Å². The number of carbonyl (C=O) groups excluding carboxylic acids is 1. The number of hydrogen-bond donors (Lipinski definition) is 0. The molecule has 11 heteroatoms. The van der Waals surface area contributed by atoms with Gasteiger partial charge in [0.05, 0.1) is 24.3 Å². The van der Waals surface area contributed by atoms with Crippen LogP contribution in [0.25, 0.3) is 10.9 Å². The molecule has 0 aliphatic carbocycles. The standard InChI is InChI=1S/C17H16ClF3N6O/c1-10-15-23-24-16(17(19,20)21)26(15)7-6-25(10)14(28)4-5-27-13-8-12(18)3-2-11(13)9-22-27/h2-3,8-10H,4-7H2,1H3. The predicted octanol–water partition coefficient (Wildman–Crippen LogP) is 3.29. The molecule has 1 unspecified atom stereocenters. The van der Waals surface area contributed by atoms with Crippen LogP contribution in [0.2, 0.25) is 5.02 Å². The number of fused-ring (bicyclic) bond motifs is 2. The first-order chi connectivity index (χ1) is 13.3. The highest BCUT2D eigenvalue weighted by atomic mass is 35.5. The number of halogens is 4. The normalized spacial score (nSPS) is 17.2. The van der Waals surface area contributed by atoms with E-state index in [-0.39, 0.29) is 31.2 Å². The third-order valence-electron chi connectivity index (χ3n) is 4.90. The molecule has 4 rings (SSSR count). The first-order valence-corrected chi connectivity index (χ1v) is 9.04. The molecule has 3 aromatic rings. The molecular weight excluding hydrogens is 397 g/mol. The SMILES string of the molecule is CC1c2nnc(C(F)(F)F)n2CCN1C(=O)CCn1ncc2ccc(Cl)cc21. The van der Waals surface area contributed by atoms with Crippen LogP contribution in [0.5, 0.6) is 0 Å². The summed E-state index contributed by atoms with van der Waals surface area (Å²) in [5, 5.41) is 12.7. The second-order valence-electron chi connectivity index (χ2n) is 6.62. The summed E-state index contributed by atoms with van der Waals surface area (Å²) in [6, 6.07) is 4.80. The number of carbonyl (C=O) groups is 1. The second-order valence-corrected chi connectivity index (χ2v) is 7.05. The van der Waals surface area contributed by atoms with Crippen LogP contribution in [-0.2, 0) is 24.1 Å². The Morgan fingerprint density at radius 1 is 1.29 bits per heavy atom. The fourth-order valence-corrected chi connectivity index (χ4v) is 3.67. The van der Waals surface area contributed by atoms with Crippen molar-refractivity contribution in [2.75, 3.05) is 6.54 Å². The van der Waals surface area contributed by atoms with Gasteiger partial charge in [-0.3, -0.25) is 9.48 Å². The van der Waals surface area contributed by atoms with Crippen molar-refractivity contribution in [3.05, 3.63) is 41.1 Å². The van der Waals surface area contributed by atoms with E-state index in [4.69, 9.17) is 11.6 Å². The van der Waals surface area contributed by atoms with Gasteiger partial charge in [-0.2, -0.15) is 18.3 Å². The predicted molar refractivity (Wildman–Crippen MR) is 94.5 cm³/mol. The molecule has 1 atom stereocenters. The maximum atomic E-state index is 13.0. The maximum absolute atomic E-state index is 13.0. The summed E-state index contributed by atoms with van der Waals surface area (Å²) in [6.07, 6.45) is -2.71. The van der Waals surface area contributed by atoms with E-state index in [9.17, 15) is 18.0 Å². The highest BCUT2D eigenvalue weighted by Gasteiger charge is 2.41. The van der Waals surface area contributed by atoms with Crippen molar-refractivity contribution in [3.8, 4) is 0 Å². The van der Waals surface area contributed by atoms with E-state index in [1.54, 1.807) is 29.9 Å². The average molecular weight is 413 g/mol. The van der Waals surface area contributed by atoms with Crippen molar-refractivity contribution in [3.63, 3.8) is 0 Å². The Morgan fingerprint density at radius 3 is 2.82 bits per heavy atom. The molecule has 1 amide bonds. The number of hydrogen-bond acceptors (Lipinski definition) is 4. The lowest BCUT2D eigenvalue weighted by Crippen LogP contribution is -2.42. The topological polar surface area (TPSA) is 68.8 Å². The van der Waals surface area contributed by atoms with Crippen molar-refractivity contribution in [1.29, 1.82) is 0 Å². The van der Waals surface area contributed by atoms with Gasteiger partial charge in [0, 0.05) is 29.9 Å². The van der Waals surface area contributed by atoms with Crippen LogP contribution >= 0.6 is 11.6 Å². The molecule has 0 saturated heterocycles. The van der Waals surface area contributed by atoms with Crippen LogP contribution in [0.3, 0.4) is 0 Å². The molecule has 0 fully saturated rings. The monoisotopic (exact) mass is 412 g/mol. The summed E-state index contributed by atoms with van der Waals surface area (Å²) in [6.45, 7) is 2.17. The van der Waals surface area contributed by atoms with E-state index < -0.39 is 18.0 Å². The lowest BCUT2D eigenvalue weighted by Gasteiger charge is -2.34. The third-order valence-corrected chi connectivity index (χ3v) is 5.14. The minimum absolute atomic E-state index is 0.00751. The summed E-state index contributed by atoms with van der Waals surface area (Å²) >= 11 is 6.02. The lowest BCUT2D eigenvalue weighted by molar-refractivity contribution is -0.148. The van der Waals surface area contributed by atoms with Gasteiger partial charge < -0.3 is 9.47 Å². The van der Waals surface area contributed by atoms with Gasteiger partial charge in [0.2, 0.25) is 11.7 Å². The number of amides is 1. The highest BCUT2D eigenvalue weighted by Crippen LogP contribution is 2.32. The maximum Gasteiger partial charge on any atom is 0.451 e. The van der Waals surface area contributed by atoms with Gasteiger partial charge in [-0.05, 0) is 25.1 Å². The number of alkyl halides is 3. The van der Waals surface area contributed by atoms with Crippen LogP contribution in [-0.4, -0.2) is 41.9 Å². The Kier molecular flexibility index (Phi) is 4.53. The Hall–Kier alpha value is -2.62. The van der Waals surface area contributed by atoms with Crippen LogP contribution < -0.4 is 0 Å². The fourth-order valence-electron chi connectivity index (χ4n) is 3.50. The van der Waals surface area contributed by atoms with E-state index in [2.05, 4.69) is 15.3 Å². The molecular formula is C17H16ClF3N6O. The van der Waals surface area contributed by atoms with Gasteiger partial charge in [0.15, 0.2) is 5.82 Å². The summed E-state index contributed by atoms with van der Waals surface area (Å²) in [4.78, 5) is 14.2. The largest absolute Gasteiger partial charge is 0.451 e. The zero-order chi connectivity index (χ0) is 20.1. The molecule has 0 spiro atoms. The van der Waals surface area contributed by atoms with Gasteiger partial charge >= 0.3 is 6.18 Å². The molecule has 1 aliphatic rings. The Balaban J connectivity index is 1.48. The summed E-state index contributed by atoms with van der Waals surface area (Å²) in [7, 11) is 0. The molecule has 1 aliphatic heterocycles. The van der Waals surface area contributed by atoms with Crippen LogP contribution in [0.4, 0.5) is 13.2 Å². The molecule has 3 heterocycles. The summed E-state index contributed by atoms with van der Waals surface area (Å²) < 4.78 is 41.7. The van der Waals surface area contributed by atoms with Crippen LogP contribution in [0.15, 0.2) is 24.4 Å². The first-order valence-electron chi connectivity index (χ1n) is 8.66. The summed E-state index contributed by atoms with van der Waals surface area (Å²) in [5.41, 5.74) is 0.821. The van der Waals surface area contributed by atoms with Gasteiger partial charge in [-0.15, -0.1) is 10.2 Å². The molecule has 0 saturated carbocycles. The molecule has 7 nitrogen and oxygen atoms in total. The quantitative estimate of drug-likeness (QED) is 0.662. The third kappa shape index (κ3) is 3.21. The fraction of sp³-hybridized carbons (Fsp3) is 0.412. The van der Waals surface area contributed by atoms with E-state index in [1.165, 1.54) is 4.90 Å². The van der Waals surface area contributed by atoms with Gasteiger partial charge in [0.1, 0.15) is 0 Å². The van der Waals surface area contributed by atoms with E-state index in [1.807, 2.05) is 6.07 Å².